The fourth-order valence-electron chi connectivity index (χ4n) is 1.47. The van der Waals surface area contributed by atoms with Gasteiger partial charge in [-0.15, -0.1) is 0 Å². The smallest absolute Gasteiger partial charge is 0.253 e. The minimum absolute atomic E-state index is 0.193. The van der Waals surface area contributed by atoms with Crippen molar-refractivity contribution in [1.29, 1.82) is 0 Å². The van der Waals surface area contributed by atoms with Gasteiger partial charge in [0.1, 0.15) is 0 Å². The van der Waals surface area contributed by atoms with Crippen LogP contribution in [-0.4, -0.2) is 15.7 Å². The van der Waals surface area contributed by atoms with E-state index in [0.717, 1.165) is 5.69 Å². The summed E-state index contributed by atoms with van der Waals surface area (Å²) >= 11 is 5.92. The van der Waals surface area contributed by atoms with E-state index in [1.807, 2.05) is 19.3 Å². The summed E-state index contributed by atoms with van der Waals surface area (Å²) in [5, 5.41) is 7.39. The molecule has 1 N–H and O–H groups in total. The maximum atomic E-state index is 11.8. The number of benzene rings is 1. The van der Waals surface area contributed by atoms with Gasteiger partial charge in [0.25, 0.3) is 5.91 Å². The number of carbonyl (C=O) groups is 1. The first-order valence-electron chi connectivity index (χ1n) is 5.18. The van der Waals surface area contributed by atoms with Crippen molar-refractivity contribution in [2.24, 2.45) is 7.05 Å². The van der Waals surface area contributed by atoms with Gasteiger partial charge in [-0.1, -0.05) is 23.7 Å². The number of halogens is 1. The number of hydrogen-bond acceptors (Lipinski definition) is 2. The van der Waals surface area contributed by atoms with E-state index in [9.17, 15) is 4.79 Å². The fourth-order valence-corrected chi connectivity index (χ4v) is 1.69. The molecule has 0 unspecified atom stereocenters. The first-order chi connectivity index (χ1) is 8.16. The van der Waals surface area contributed by atoms with Crippen LogP contribution < -0.4 is 5.32 Å². The summed E-state index contributed by atoms with van der Waals surface area (Å²) in [5.74, 6) is -0.193. The topological polar surface area (TPSA) is 46.9 Å². The zero-order valence-corrected chi connectivity index (χ0v) is 10.1. The number of carbonyl (C=O) groups excluding carboxylic acids is 1. The summed E-state index contributed by atoms with van der Waals surface area (Å²) in [6.07, 6.45) is 1.83. The van der Waals surface area contributed by atoms with Gasteiger partial charge in [-0.3, -0.25) is 9.48 Å². The molecule has 2 rings (SSSR count). The van der Waals surface area contributed by atoms with Crippen LogP contribution in [0.1, 0.15) is 16.1 Å². The molecule has 0 radical (unpaired) electrons. The van der Waals surface area contributed by atoms with Crippen LogP contribution >= 0.6 is 11.6 Å². The SMILES string of the molecule is Cn1ccc(CNC(=O)c2ccccc2Cl)n1. The molecule has 1 aromatic heterocycles. The molecule has 0 aliphatic rings. The molecule has 0 aliphatic carbocycles. The quantitative estimate of drug-likeness (QED) is 0.905. The maximum Gasteiger partial charge on any atom is 0.253 e. The van der Waals surface area contributed by atoms with E-state index in [1.165, 1.54) is 0 Å². The number of aromatic nitrogens is 2. The lowest BCUT2D eigenvalue weighted by atomic mass is 10.2. The van der Waals surface area contributed by atoms with E-state index >= 15 is 0 Å². The minimum atomic E-state index is -0.193. The van der Waals surface area contributed by atoms with E-state index in [1.54, 1.807) is 28.9 Å². The average Bonchev–Trinajstić information content (AvgIpc) is 2.73. The van der Waals surface area contributed by atoms with Crippen molar-refractivity contribution in [1.82, 2.24) is 15.1 Å². The Labute approximate surface area is 104 Å². The Morgan fingerprint density at radius 1 is 1.41 bits per heavy atom. The Kier molecular flexibility index (Phi) is 3.44. The largest absolute Gasteiger partial charge is 0.346 e. The summed E-state index contributed by atoms with van der Waals surface area (Å²) in [6, 6.07) is 8.81. The van der Waals surface area contributed by atoms with Gasteiger partial charge in [0.2, 0.25) is 0 Å². The Balaban J connectivity index is 2.01. The number of hydrogen-bond donors (Lipinski definition) is 1. The molecule has 0 atom stereocenters. The molecule has 0 saturated carbocycles. The number of aryl methyl sites for hydroxylation is 1. The number of nitrogens with zero attached hydrogens (tertiary/aromatic N) is 2. The predicted octanol–water partition coefficient (Wildman–Crippen LogP) is 2.00. The normalized spacial score (nSPS) is 10.2. The average molecular weight is 250 g/mol. The molecule has 0 aliphatic heterocycles. The standard InChI is InChI=1S/C12H12ClN3O/c1-16-7-6-9(15-16)8-14-12(17)10-4-2-3-5-11(10)13/h2-7H,8H2,1H3,(H,14,17). The molecule has 88 valence electrons. The third-order valence-electron chi connectivity index (χ3n) is 2.32. The monoisotopic (exact) mass is 249 g/mol. The van der Waals surface area contributed by atoms with E-state index in [0.29, 0.717) is 17.1 Å². The lowest BCUT2D eigenvalue weighted by molar-refractivity contribution is 0.0950. The van der Waals surface area contributed by atoms with Crippen LogP contribution in [0, 0.1) is 0 Å². The highest BCUT2D eigenvalue weighted by Gasteiger charge is 2.09. The fraction of sp³-hybridized carbons (Fsp3) is 0.167. The highest BCUT2D eigenvalue weighted by molar-refractivity contribution is 6.33. The highest BCUT2D eigenvalue weighted by Crippen LogP contribution is 2.14. The van der Waals surface area contributed by atoms with Gasteiger partial charge >= 0.3 is 0 Å². The summed E-state index contributed by atoms with van der Waals surface area (Å²) in [7, 11) is 1.83. The van der Waals surface area contributed by atoms with Crippen LogP contribution in [0.5, 0.6) is 0 Å². The van der Waals surface area contributed by atoms with Crippen molar-refractivity contribution in [2.75, 3.05) is 0 Å². The van der Waals surface area contributed by atoms with Gasteiger partial charge < -0.3 is 5.32 Å². The van der Waals surface area contributed by atoms with E-state index in [2.05, 4.69) is 10.4 Å². The number of nitrogens with one attached hydrogen (secondary N) is 1. The maximum absolute atomic E-state index is 11.8. The molecular formula is C12H12ClN3O. The molecule has 1 aromatic carbocycles. The summed E-state index contributed by atoms with van der Waals surface area (Å²) in [5.41, 5.74) is 1.29. The van der Waals surface area contributed by atoms with E-state index < -0.39 is 0 Å². The summed E-state index contributed by atoms with van der Waals surface area (Å²) < 4.78 is 1.69. The van der Waals surface area contributed by atoms with Crippen LogP contribution in [0.2, 0.25) is 5.02 Å². The second-order valence-corrected chi connectivity index (χ2v) is 4.05. The lowest BCUT2D eigenvalue weighted by Crippen LogP contribution is -2.23. The summed E-state index contributed by atoms with van der Waals surface area (Å²) in [4.78, 5) is 11.8. The van der Waals surface area contributed by atoms with Crippen molar-refractivity contribution >= 4 is 17.5 Å². The molecule has 2 aromatic rings. The zero-order valence-electron chi connectivity index (χ0n) is 9.35. The molecule has 4 nitrogen and oxygen atoms in total. The summed E-state index contributed by atoms with van der Waals surface area (Å²) in [6.45, 7) is 0.394. The molecule has 0 spiro atoms. The van der Waals surface area contributed by atoms with Crippen LogP contribution in [0.4, 0.5) is 0 Å². The lowest BCUT2D eigenvalue weighted by Gasteiger charge is -2.04. The van der Waals surface area contributed by atoms with Gasteiger partial charge in [-0.05, 0) is 18.2 Å². The van der Waals surface area contributed by atoms with Crippen molar-refractivity contribution in [3.8, 4) is 0 Å². The molecule has 5 heteroatoms. The molecular weight excluding hydrogens is 238 g/mol. The third-order valence-corrected chi connectivity index (χ3v) is 2.65. The van der Waals surface area contributed by atoms with Crippen LogP contribution in [-0.2, 0) is 13.6 Å². The number of rotatable bonds is 3. The van der Waals surface area contributed by atoms with E-state index in [-0.39, 0.29) is 5.91 Å². The van der Waals surface area contributed by atoms with Gasteiger partial charge in [0, 0.05) is 13.2 Å². The minimum Gasteiger partial charge on any atom is -0.346 e. The number of amides is 1. The first-order valence-corrected chi connectivity index (χ1v) is 5.56. The molecule has 0 bridgehead atoms. The first kappa shape index (κ1) is 11.7. The molecule has 1 amide bonds. The predicted molar refractivity (Wildman–Crippen MR) is 65.8 cm³/mol. The third kappa shape index (κ3) is 2.85. The Morgan fingerprint density at radius 3 is 2.82 bits per heavy atom. The Hall–Kier alpha value is -1.81. The highest BCUT2D eigenvalue weighted by atomic mass is 35.5. The molecule has 0 saturated heterocycles. The Morgan fingerprint density at radius 2 is 2.18 bits per heavy atom. The van der Waals surface area contributed by atoms with Crippen molar-refractivity contribution in [3.63, 3.8) is 0 Å². The van der Waals surface area contributed by atoms with Crippen LogP contribution in [0.3, 0.4) is 0 Å². The van der Waals surface area contributed by atoms with Gasteiger partial charge in [0.15, 0.2) is 0 Å². The van der Waals surface area contributed by atoms with E-state index in [4.69, 9.17) is 11.6 Å². The zero-order chi connectivity index (χ0) is 12.3. The second-order valence-electron chi connectivity index (χ2n) is 3.64. The van der Waals surface area contributed by atoms with Gasteiger partial charge in [-0.25, -0.2) is 0 Å². The van der Waals surface area contributed by atoms with Crippen molar-refractivity contribution < 1.29 is 4.79 Å². The molecule has 17 heavy (non-hydrogen) atoms. The molecule has 1 heterocycles. The van der Waals surface area contributed by atoms with Crippen LogP contribution in [0.15, 0.2) is 36.5 Å². The van der Waals surface area contributed by atoms with Crippen molar-refractivity contribution in [2.45, 2.75) is 6.54 Å². The Bertz CT molecular complexity index is 536. The molecule has 0 fully saturated rings. The van der Waals surface area contributed by atoms with Gasteiger partial charge in [-0.2, -0.15) is 5.10 Å². The van der Waals surface area contributed by atoms with Crippen LogP contribution in [0.25, 0.3) is 0 Å². The second kappa shape index (κ2) is 5.01. The van der Waals surface area contributed by atoms with Gasteiger partial charge in [0.05, 0.1) is 22.8 Å². The van der Waals surface area contributed by atoms with Crippen molar-refractivity contribution in [3.05, 3.63) is 52.8 Å².